The molecule has 2 heterocycles. The topological polar surface area (TPSA) is 50.2 Å². The van der Waals surface area contributed by atoms with Gasteiger partial charge < -0.3 is 14.8 Å². The Morgan fingerprint density at radius 3 is 2.41 bits per heavy atom. The van der Waals surface area contributed by atoms with Crippen LogP contribution in [0.1, 0.15) is 75.2 Å². The van der Waals surface area contributed by atoms with Crippen molar-refractivity contribution in [3.8, 4) is 0 Å². The molecule has 1 amide bonds. The molecule has 0 aromatic carbocycles. The lowest BCUT2D eigenvalue weighted by molar-refractivity contribution is -0.119. The molecule has 0 bridgehead atoms. The molecule has 3 fully saturated rings. The molecule has 0 radical (unpaired) electrons. The van der Waals surface area contributed by atoms with E-state index in [1.165, 1.54) is 50.6 Å². The van der Waals surface area contributed by atoms with Crippen LogP contribution in [0.15, 0.2) is 5.16 Å². The van der Waals surface area contributed by atoms with E-state index in [1.54, 1.807) is 11.8 Å². The van der Waals surface area contributed by atoms with E-state index in [-0.39, 0.29) is 5.91 Å². The number of aromatic nitrogens is 2. The van der Waals surface area contributed by atoms with Crippen LogP contribution in [0.2, 0.25) is 0 Å². The Bertz CT molecular complexity index is 655. The maximum atomic E-state index is 12.5. The van der Waals surface area contributed by atoms with Gasteiger partial charge in [-0.15, -0.1) is 0 Å². The number of amides is 1. The summed E-state index contributed by atoms with van der Waals surface area (Å²) in [5.41, 5.74) is 2.38. The Labute approximate surface area is 167 Å². The largest absolute Gasteiger partial charge is 0.353 e. The smallest absolute Gasteiger partial charge is 0.230 e. The van der Waals surface area contributed by atoms with Crippen LogP contribution in [-0.2, 0) is 4.79 Å². The van der Waals surface area contributed by atoms with Crippen molar-refractivity contribution in [3.63, 3.8) is 0 Å². The average molecular weight is 391 g/mol. The molecule has 1 aromatic heterocycles. The van der Waals surface area contributed by atoms with Gasteiger partial charge in [-0.3, -0.25) is 4.79 Å². The Morgan fingerprint density at radius 2 is 1.74 bits per heavy atom. The third-order valence-electron chi connectivity index (χ3n) is 6.58. The van der Waals surface area contributed by atoms with E-state index in [1.807, 2.05) is 0 Å². The lowest BCUT2D eigenvalue weighted by Gasteiger charge is -2.32. The second kappa shape index (κ2) is 8.56. The highest BCUT2D eigenvalue weighted by molar-refractivity contribution is 7.99. The molecule has 3 aliphatic rings. The van der Waals surface area contributed by atoms with Crippen molar-refractivity contribution < 1.29 is 4.79 Å². The van der Waals surface area contributed by atoms with Gasteiger partial charge in [-0.05, 0) is 52.4 Å². The van der Waals surface area contributed by atoms with Gasteiger partial charge in [0.1, 0.15) is 0 Å². The lowest BCUT2D eigenvalue weighted by atomic mass is 9.95. The first-order valence-electron chi connectivity index (χ1n) is 10.8. The van der Waals surface area contributed by atoms with Crippen molar-refractivity contribution in [1.82, 2.24) is 19.8 Å². The normalized spacial score (nSPS) is 22.9. The van der Waals surface area contributed by atoms with Gasteiger partial charge in [0, 0.05) is 36.9 Å². The number of thioether (sulfide) groups is 1. The second-order valence-corrected chi connectivity index (χ2v) is 9.57. The summed E-state index contributed by atoms with van der Waals surface area (Å²) in [6.45, 7) is 6.56. The van der Waals surface area contributed by atoms with Crippen molar-refractivity contribution in [3.05, 3.63) is 11.4 Å². The molecule has 150 valence electrons. The number of carbonyl (C=O) groups excluding carboxylic acids is 1. The second-order valence-electron chi connectivity index (χ2n) is 8.62. The van der Waals surface area contributed by atoms with E-state index >= 15 is 0 Å². The summed E-state index contributed by atoms with van der Waals surface area (Å²) >= 11 is 1.62. The zero-order valence-electron chi connectivity index (χ0n) is 16.9. The molecule has 0 spiro atoms. The SMILES string of the molecule is Cc1nc(SCC(=O)NC2CCN(C3CC3)CC2)n(C2CCCCC2)c1C. The molecule has 27 heavy (non-hydrogen) atoms. The maximum absolute atomic E-state index is 12.5. The predicted molar refractivity (Wildman–Crippen MR) is 110 cm³/mol. The Morgan fingerprint density at radius 1 is 1.04 bits per heavy atom. The van der Waals surface area contributed by atoms with Crippen molar-refractivity contribution in [1.29, 1.82) is 0 Å². The number of aryl methyl sites for hydroxylation is 1. The molecule has 4 rings (SSSR count). The van der Waals surface area contributed by atoms with Crippen LogP contribution in [0.4, 0.5) is 0 Å². The average Bonchev–Trinajstić information content (AvgIpc) is 3.48. The molecule has 0 atom stereocenters. The molecule has 0 unspecified atom stereocenters. The van der Waals surface area contributed by atoms with Crippen LogP contribution in [0.5, 0.6) is 0 Å². The number of hydrogen-bond donors (Lipinski definition) is 1. The van der Waals surface area contributed by atoms with E-state index in [0.29, 0.717) is 17.8 Å². The van der Waals surface area contributed by atoms with Gasteiger partial charge >= 0.3 is 0 Å². The fourth-order valence-electron chi connectivity index (χ4n) is 4.72. The standard InChI is InChI=1S/C21H34N4OS/c1-15-16(2)25(19-6-4-3-5-7-19)21(22-15)27-14-20(26)23-17-10-12-24(13-11-17)18-8-9-18/h17-19H,3-14H2,1-2H3,(H,23,26). The van der Waals surface area contributed by atoms with E-state index in [4.69, 9.17) is 4.98 Å². The molecular weight excluding hydrogens is 356 g/mol. The number of imidazole rings is 1. The van der Waals surface area contributed by atoms with Gasteiger partial charge in [0.15, 0.2) is 5.16 Å². The highest BCUT2D eigenvalue weighted by atomic mass is 32.2. The molecule has 1 aliphatic heterocycles. The van der Waals surface area contributed by atoms with E-state index in [0.717, 1.165) is 42.8 Å². The van der Waals surface area contributed by atoms with Crippen LogP contribution in [0, 0.1) is 13.8 Å². The number of nitrogens with one attached hydrogen (secondary N) is 1. The summed E-state index contributed by atoms with van der Waals surface area (Å²) in [6, 6.07) is 1.77. The van der Waals surface area contributed by atoms with Crippen molar-refractivity contribution in [2.24, 2.45) is 0 Å². The Balaban J connectivity index is 1.29. The van der Waals surface area contributed by atoms with Crippen molar-refractivity contribution in [2.75, 3.05) is 18.8 Å². The molecule has 1 N–H and O–H groups in total. The first-order chi connectivity index (χ1) is 13.1. The highest BCUT2D eigenvalue weighted by Gasteiger charge is 2.32. The number of hydrogen-bond acceptors (Lipinski definition) is 4. The summed E-state index contributed by atoms with van der Waals surface area (Å²) in [6.07, 6.45) is 11.4. The van der Waals surface area contributed by atoms with Crippen LogP contribution < -0.4 is 5.32 Å². The quantitative estimate of drug-likeness (QED) is 0.750. The van der Waals surface area contributed by atoms with Crippen molar-refractivity contribution in [2.45, 2.75) is 94.9 Å². The highest BCUT2D eigenvalue weighted by Crippen LogP contribution is 2.34. The van der Waals surface area contributed by atoms with E-state index < -0.39 is 0 Å². The van der Waals surface area contributed by atoms with Gasteiger partial charge in [-0.2, -0.15) is 0 Å². The monoisotopic (exact) mass is 390 g/mol. The number of carbonyl (C=O) groups is 1. The number of rotatable bonds is 6. The summed E-state index contributed by atoms with van der Waals surface area (Å²) < 4.78 is 2.42. The van der Waals surface area contributed by atoms with Crippen molar-refractivity contribution >= 4 is 17.7 Å². The summed E-state index contributed by atoms with van der Waals surface area (Å²) in [7, 11) is 0. The molecule has 2 saturated carbocycles. The third kappa shape index (κ3) is 4.70. The minimum Gasteiger partial charge on any atom is -0.353 e. The molecular formula is C21H34N4OS. The molecule has 1 aromatic rings. The molecule has 6 heteroatoms. The first kappa shape index (κ1) is 19.3. The van der Waals surface area contributed by atoms with Gasteiger partial charge in [0.05, 0.1) is 11.4 Å². The van der Waals surface area contributed by atoms with Gasteiger partial charge in [0.25, 0.3) is 0 Å². The number of piperidine rings is 1. The van der Waals surface area contributed by atoms with Gasteiger partial charge in [-0.1, -0.05) is 31.0 Å². The summed E-state index contributed by atoms with van der Waals surface area (Å²) in [5.74, 6) is 0.643. The van der Waals surface area contributed by atoms with Crippen LogP contribution >= 0.6 is 11.8 Å². The number of nitrogens with zero attached hydrogens (tertiary/aromatic N) is 3. The van der Waals surface area contributed by atoms with E-state index in [9.17, 15) is 4.79 Å². The Kier molecular flexibility index (Phi) is 6.12. The number of likely N-dealkylation sites (tertiary alicyclic amines) is 1. The first-order valence-corrected chi connectivity index (χ1v) is 11.8. The van der Waals surface area contributed by atoms with Crippen LogP contribution in [0.25, 0.3) is 0 Å². The Hall–Kier alpha value is -1.01. The minimum absolute atomic E-state index is 0.165. The van der Waals surface area contributed by atoms with Crippen LogP contribution in [-0.4, -0.2) is 51.3 Å². The molecule has 1 saturated heterocycles. The lowest BCUT2D eigenvalue weighted by Crippen LogP contribution is -2.45. The minimum atomic E-state index is 0.165. The van der Waals surface area contributed by atoms with Crippen LogP contribution in [0.3, 0.4) is 0 Å². The predicted octanol–water partition coefficient (Wildman–Crippen LogP) is 3.84. The molecule has 5 nitrogen and oxygen atoms in total. The summed E-state index contributed by atoms with van der Waals surface area (Å²) in [5, 5.41) is 4.30. The van der Waals surface area contributed by atoms with Gasteiger partial charge in [0.2, 0.25) is 5.91 Å². The maximum Gasteiger partial charge on any atom is 0.230 e. The third-order valence-corrected chi connectivity index (χ3v) is 7.54. The fraction of sp³-hybridized carbons (Fsp3) is 0.810. The fourth-order valence-corrected chi connectivity index (χ4v) is 5.69. The van der Waals surface area contributed by atoms with Gasteiger partial charge in [-0.25, -0.2) is 4.98 Å². The zero-order valence-corrected chi connectivity index (χ0v) is 17.7. The summed E-state index contributed by atoms with van der Waals surface area (Å²) in [4.78, 5) is 19.9. The molecule has 2 aliphatic carbocycles. The van der Waals surface area contributed by atoms with E-state index in [2.05, 4.69) is 28.6 Å². The zero-order chi connectivity index (χ0) is 18.8.